The van der Waals surface area contributed by atoms with Gasteiger partial charge in [-0.15, -0.1) is 0 Å². The molecule has 3 nitrogen and oxygen atoms in total. The van der Waals surface area contributed by atoms with Crippen LogP contribution in [0, 0.1) is 41.5 Å². The lowest BCUT2D eigenvalue weighted by atomic mass is 10.1. The molecule has 30 heavy (non-hydrogen) atoms. The van der Waals surface area contributed by atoms with Gasteiger partial charge in [0.25, 0.3) is 0 Å². The minimum atomic E-state index is 0.956. The van der Waals surface area contributed by atoms with E-state index < -0.39 is 0 Å². The first-order chi connectivity index (χ1) is 14.3. The second kappa shape index (κ2) is 7.83. The zero-order chi connectivity index (χ0) is 21.4. The van der Waals surface area contributed by atoms with Gasteiger partial charge in [-0.1, -0.05) is 6.07 Å². The summed E-state index contributed by atoms with van der Waals surface area (Å²) in [5, 5.41) is 0. The normalized spacial score (nSPS) is 11.5. The van der Waals surface area contributed by atoms with Crippen LogP contribution in [0.5, 0.6) is 0 Å². The molecule has 4 aromatic rings. The summed E-state index contributed by atoms with van der Waals surface area (Å²) in [6.45, 7) is 12.9. The van der Waals surface area contributed by atoms with Gasteiger partial charge in [0.05, 0.1) is 5.69 Å². The smallest absolute Gasteiger partial charge is 0.0631 e. The zero-order valence-corrected chi connectivity index (χ0v) is 18.7. The highest BCUT2D eigenvalue weighted by Gasteiger charge is 2.10. The van der Waals surface area contributed by atoms with E-state index in [0.717, 1.165) is 11.3 Å². The second-order valence-electron chi connectivity index (χ2n) is 8.23. The van der Waals surface area contributed by atoms with E-state index in [1.165, 1.54) is 45.3 Å². The topological polar surface area (TPSA) is 22.2 Å². The molecule has 4 rings (SSSR count). The van der Waals surface area contributed by atoms with E-state index in [-0.39, 0.29) is 0 Å². The maximum atomic E-state index is 4.74. The Morgan fingerprint density at radius 1 is 0.600 bits per heavy atom. The molecule has 152 valence electrons. The molecule has 0 fully saturated rings. The Labute approximate surface area is 179 Å². The molecule has 0 spiro atoms. The van der Waals surface area contributed by atoms with Crippen LogP contribution in [0.2, 0.25) is 0 Å². The first-order valence-corrected chi connectivity index (χ1v) is 10.4. The van der Waals surface area contributed by atoms with Crippen molar-refractivity contribution < 1.29 is 0 Å². The zero-order valence-electron chi connectivity index (χ0n) is 18.7. The summed E-state index contributed by atoms with van der Waals surface area (Å²) >= 11 is 0. The molecule has 0 saturated heterocycles. The van der Waals surface area contributed by atoms with Gasteiger partial charge in [-0.2, -0.15) is 0 Å². The Balaban J connectivity index is 1.62. The van der Waals surface area contributed by atoms with Gasteiger partial charge in [0.2, 0.25) is 0 Å². The largest absolute Gasteiger partial charge is 0.319 e. The molecule has 2 aromatic heterocycles. The Bertz CT molecular complexity index is 1190. The number of benzene rings is 2. The quantitative estimate of drug-likeness (QED) is 0.336. The molecule has 0 aliphatic heterocycles. The van der Waals surface area contributed by atoms with Crippen molar-refractivity contribution in [1.82, 2.24) is 9.13 Å². The van der Waals surface area contributed by atoms with Crippen LogP contribution < -0.4 is 0 Å². The van der Waals surface area contributed by atoms with Crippen molar-refractivity contribution in [2.75, 3.05) is 0 Å². The van der Waals surface area contributed by atoms with E-state index in [2.05, 4.69) is 111 Å². The molecule has 2 heterocycles. The number of hydrogen-bond acceptors (Lipinski definition) is 1. The fourth-order valence-electron chi connectivity index (χ4n) is 4.30. The van der Waals surface area contributed by atoms with Gasteiger partial charge in [0.1, 0.15) is 0 Å². The molecule has 0 N–H and O–H groups in total. The summed E-state index contributed by atoms with van der Waals surface area (Å²) < 4.78 is 4.56. The summed E-state index contributed by atoms with van der Waals surface area (Å²) in [6.07, 6.45) is 1.97. The minimum Gasteiger partial charge on any atom is -0.319 e. The molecular weight excluding hydrogens is 366 g/mol. The van der Waals surface area contributed by atoms with Crippen molar-refractivity contribution in [2.45, 2.75) is 41.5 Å². The standard InChI is InChI=1S/C27H29N3/c1-18-13-19(2)15-27(14-18)30-22(5)16-24(23(30)6)17-28-25-9-11-26(12-10-25)29-20(3)7-8-21(29)4/h7-17H,1-6H3. The minimum absolute atomic E-state index is 0.956. The fraction of sp³-hybridized carbons (Fsp3) is 0.222. The van der Waals surface area contributed by atoms with Crippen molar-refractivity contribution in [2.24, 2.45) is 4.99 Å². The average molecular weight is 396 g/mol. The molecule has 0 atom stereocenters. The summed E-state index contributed by atoms with van der Waals surface area (Å²) in [5.74, 6) is 0. The van der Waals surface area contributed by atoms with Crippen molar-refractivity contribution in [1.29, 1.82) is 0 Å². The lowest BCUT2D eigenvalue weighted by Crippen LogP contribution is -2.00. The molecule has 0 amide bonds. The molecule has 0 radical (unpaired) electrons. The van der Waals surface area contributed by atoms with Crippen molar-refractivity contribution in [3.63, 3.8) is 0 Å². The fourth-order valence-corrected chi connectivity index (χ4v) is 4.30. The molecular formula is C27H29N3. The van der Waals surface area contributed by atoms with Crippen molar-refractivity contribution in [3.05, 3.63) is 100 Å². The van der Waals surface area contributed by atoms with Gasteiger partial charge >= 0.3 is 0 Å². The van der Waals surface area contributed by atoms with Crippen LogP contribution in [0.25, 0.3) is 11.4 Å². The Morgan fingerprint density at radius 2 is 1.20 bits per heavy atom. The highest BCUT2D eigenvalue weighted by molar-refractivity contribution is 5.84. The third kappa shape index (κ3) is 3.76. The third-order valence-electron chi connectivity index (χ3n) is 5.67. The van der Waals surface area contributed by atoms with E-state index >= 15 is 0 Å². The molecule has 0 unspecified atom stereocenters. The average Bonchev–Trinajstić information content (AvgIpc) is 3.17. The maximum Gasteiger partial charge on any atom is 0.0631 e. The van der Waals surface area contributed by atoms with Crippen LogP contribution in [0.4, 0.5) is 5.69 Å². The Morgan fingerprint density at radius 3 is 1.80 bits per heavy atom. The van der Waals surface area contributed by atoms with Crippen LogP contribution in [-0.2, 0) is 0 Å². The highest BCUT2D eigenvalue weighted by atomic mass is 15.0. The van der Waals surface area contributed by atoms with Crippen LogP contribution in [0.15, 0.2) is 65.7 Å². The van der Waals surface area contributed by atoms with Crippen LogP contribution in [0.1, 0.15) is 39.5 Å². The Hall–Kier alpha value is -3.33. The first kappa shape index (κ1) is 20.0. The van der Waals surface area contributed by atoms with Gasteiger partial charge in [0, 0.05) is 45.9 Å². The van der Waals surface area contributed by atoms with Gasteiger partial charge in [-0.05, 0) is 107 Å². The van der Waals surface area contributed by atoms with E-state index in [1.54, 1.807) is 0 Å². The van der Waals surface area contributed by atoms with E-state index in [1.807, 2.05) is 6.21 Å². The SMILES string of the molecule is Cc1cc(C)cc(-n2c(C)cc(C=Nc3ccc(-n4c(C)ccc4C)cc3)c2C)c1. The molecule has 0 saturated carbocycles. The van der Waals surface area contributed by atoms with Crippen molar-refractivity contribution >= 4 is 11.9 Å². The van der Waals surface area contributed by atoms with E-state index in [4.69, 9.17) is 4.99 Å². The number of hydrogen-bond donors (Lipinski definition) is 0. The van der Waals surface area contributed by atoms with Gasteiger partial charge in [-0.25, -0.2) is 0 Å². The summed E-state index contributed by atoms with van der Waals surface area (Å²) in [7, 11) is 0. The van der Waals surface area contributed by atoms with Gasteiger partial charge < -0.3 is 9.13 Å². The summed E-state index contributed by atoms with van der Waals surface area (Å²) in [4.78, 5) is 4.74. The van der Waals surface area contributed by atoms with Crippen LogP contribution in [-0.4, -0.2) is 15.3 Å². The van der Waals surface area contributed by atoms with Crippen molar-refractivity contribution in [3.8, 4) is 11.4 Å². The van der Waals surface area contributed by atoms with E-state index in [9.17, 15) is 0 Å². The van der Waals surface area contributed by atoms with E-state index in [0.29, 0.717) is 0 Å². The molecule has 0 aliphatic carbocycles. The van der Waals surface area contributed by atoms with Crippen LogP contribution >= 0.6 is 0 Å². The number of aliphatic imine (C=N–C) groups is 1. The first-order valence-electron chi connectivity index (χ1n) is 10.4. The highest BCUT2D eigenvalue weighted by Crippen LogP contribution is 2.23. The molecule has 0 aliphatic rings. The number of aromatic nitrogens is 2. The van der Waals surface area contributed by atoms with Crippen LogP contribution in [0.3, 0.4) is 0 Å². The molecule has 2 aromatic carbocycles. The number of nitrogens with zero attached hydrogens (tertiary/aromatic N) is 3. The molecule has 3 heteroatoms. The number of rotatable bonds is 4. The maximum absolute atomic E-state index is 4.74. The predicted octanol–water partition coefficient (Wildman–Crippen LogP) is 6.87. The van der Waals surface area contributed by atoms with Gasteiger partial charge in [0.15, 0.2) is 0 Å². The lowest BCUT2D eigenvalue weighted by molar-refractivity contribution is 0.960. The molecule has 0 bridgehead atoms. The predicted molar refractivity (Wildman–Crippen MR) is 127 cm³/mol. The number of aryl methyl sites for hydroxylation is 5. The van der Waals surface area contributed by atoms with Gasteiger partial charge in [-0.3, -0.25) is 4.99 Å². The lowest BCUT2D eigenvalue weighted by Gasteiger charge is -2.11. The second-order valence-corrected chi connectivity index (χ2v) is 8.23. The monoisotopic (exact) mass is 395 g/mol. The third-order valence-corrected chi connectivity index (χ3v) is 5.67. The Kier molecular flexibility index (Phi) is 5.21. The summed E-state index contributed by atoms with van der Waals surface area (Å²) in [5.41, 5.74) is 11.9. The summed E-state index contributed by atoms with van der Waals surface area (Å²) in [6, 6.07) is 21.6.